The van der Waals surface area contributed by atoms with Gasteiger partial charge in [-0.05, 0) is 26.3 Å². The number of nitrogen functional groups attached to an aromatic ring is 1. The molecule has 3 heterocycles. The van der Waals surface area contributed by atoms with Crippen molar-refractivity contribution in [3.05, 3.63) is 22.2 Å². The van der Waals surface area contributed by atoms with Gasteiger partial charge in [-0.3, -0.25) is 0 Å². The summed E-state index contributed by atoms with van der Waals surface area (Å²) < 4.78 is 5.40. The predicted octanol–water partition coefficient (Wildman–Crippen LogP) is 4.42. The van der Waals surface area contributed by atoms with Crippen LogP contribution in [-0.4, -0.2) is 20.1 Å². The van der Waals surface area contributed by atoms with E-state index in [2.05, 4.69) is 54.7 Å². The van der Waals surface area contributed by atoms with Crippen molar-refractivity contribution in [2.75, 3.05) is 5.73 Å². The minimum Gasteiger partial charge on any atom is -0.383 e. The van der Waals surface area contributed by atoms with E-state index >= 15 is 0 Å². The van der Waals surface area contributed by atoms with Gasteiger partial charge < -0.3 is 10.3 Å². The number of hydrogen-bond donors (Lipinski definition) is 1. The molecule has 0 saturated heterocycles. The quantitative estimate of drug-likeness (QED) is 0.544. The van der Waals surface area contributed by atoms with Gasteiger partial charge in [0.15, 0.2) is 11.0 Å². The summed E-state index contributed by atoms with van der Waals surface area (Å²) in [5.41, 5.74) is 7.15. The molecule has 3 aromatic heterocycles. The molecule has 0 amide bonds. The lowest BCUT2D eigenvalue weighted by Gasteiger charge is -2.11. The van der Waals surface area contributed by atoms with E-state index in [0.29, 0.717) is 22.7 Å². The minimum absolute atomic E-state index is 0.0485. The van der Waals surface area contributed by atoms with Crippen LogP contribution in [0.25, 0.3) is 10.2 Å². The van der Waals surface area contributed by atoms with Gasteiger partial charge in [0.05, 0.1) is 10.6 Å². The van der Waals surface area contributed by atoms with E-state index in [9.17, 15) is 0 Å². The fourth-order valence-electron chi connectivity index (χ4n) is 2.23. The Bertz CT molecular complexity index is 894. The summed E-state index contributed by atoms with van der Waals surface area (Å²) in [6, 6.07) is 0. The molecular formula is C16H21N5OS2. The van der Waals surface area contributed by atoms with Crippen molar-refractivity contribution in [1.82, 2.24) is 20.1 Å². The van der Waals surface area contributed by atoms with Gasteiger partial charge in [-0.15, -0.1) is 11.3 Å². The smallest absolute Gasteiger partial charge is 0.239 e. The Kier molecular flexibility index (Phi) is 4.29. The number of fused-ring (bicyclic) bond motifs is 1. The molecule has 0 saturated carbocycles. The molecule has 0 radical (unpaired) electrons. The maximum absolute atomic E-state index is 6.14. The number of hydrogen-bond acceptors (Lipinski definition) is 8. The molecule has 0 aliphatic heterocycles. The van der Waals surface area contributed by atoms with Crippen LogP contribution < -0.4 is 5.73 Å². The zero-order valence-electron chi connectivity index (χ0n) is 14.7. The Morgan fingerprint density at radius 2 is 1.88 bits per heavy atom. The summed E-state index contributed by atoms with van der Waals surface area (Å²) in [6.07, 6.45) is 0. The SMILES string of the molecule is Cc1sc2nc(S[C@@H](C)c3nc(C(C)(C)C)no3)nc(N)c2c1C. The van der Waals surface area contributed by atoms with Gasteiger partial charge in [-0.1, -0.05) is 37.7 Å². The van der Waals surface area contributed by atoms with E-state index in [-0.39, 0.29) is 10.7 Å². The second-order valence-corrected chi connectivity index (χ2v) is 9.33. The molecule has 128 valence electrons. The zero-order valence-corrected chi connectivity index (χ0v) is 16.3. The largest absolute Gasteiger partial charge is 0.383 e. The topological polar surface area (TPSA) is 90.7 Å². The molecule has 8 heteroatoms. The number of nitrogens with zero attached hydrogens (tertiary/aromatic N) is 4. The van der Waals surface area contributed by atoms with Crippen LogP contribution in [0.15, 0.2) is 9.68 Å². The summed E-state index contributed by atoms with van der Waals surface area (Å²) in [6.45, 7) is 12.3. The van der Waals surface area contributed by atoms with Crippen molar-refractivity contribution in [3.63, 3.8) is 0 Å². The molecule has 3 aromatic rings. The first-order valence-electron chi connectivity index (χ1n) is 7.70. The van der Waals surface area contributed by atoms with Crippen molar-refractivity contribution < 1.29 is 4.52 Å². The molecule has 0 aromatic carbocycles. The van der Waals surface area contributed by atoms with E-state index < -0.39 is 0 Å². The first-order chi connectivity index (χ1) is 11.2. The molecule has 24 heavy (non-hydrogen) atoms. The molecule has 3 rings (SSSR count). The van der Waals surface area contributed by atoms with E-state index in [4.69, 9.17) is 10.3 Å². The normalized spacial score (nSPS) is 13.6. The fraction of sp³-hybridized carbons (Fsp3) is 0.500. The highest BCUT2D eigenvalue weighted by molar-refractivity contribution is 7.99. The Morgan fingerprint density at radius 3 is 2.50 bits per heavy atom. The number of rotatable bonds is 3. The number of aryl methyl sites for hydroxylation is 2. The van der Waals surface area contributed by atoms with Gasteiger partial charge >= 0.3 is 0 Å². The van der Waals surface area contributed by atoms with Crippen molar-refractivity contribution in [2.24, 2.45) is 0 Å². The zero-order chi connectivity index (χ0) is 17.6. The molecule has 2 N–H and O–H groups in total. The summed E-state index contributed by atoms with van der Waals surface area (Å²) in [7, 11) is 0. The van der Waals surface area contributed by atoms with E-state index in [0.717, 1.165) is 15.8 Å². The summed E-state index contributed by atoms with van der Waals surface area (Å²) in [4.78, 5) is 15.7. The van der Waals surface area contributed by atoms with Crippen LogP contribution >= 0.6 is 23.1 Å². The number of thioether (sulfide) groups is 1. The summed E-state index contributed by atoms with van der Waals surface area (Å²) >= 11 is 3.11. The van der Waals surface area contributed by atoms with Crippen LogP contribution in [0.1, 0.15) is 55.1 Å². The number of thiophene rings is 1. The molecule has 0 aliphatic rings. The molecule has 0 aliphatic carbocycles. The molecular weight excluding hydrogens is 342 g/mol. The molecule has 0 spiro atoms. The Labute approximate surface area is 149 Å². The van der Waals surface area contributed by atoms with Crippen molar-refractivity contribution in [2.45, 2.75) is 57.4 Å². The van der Waals surface area contributed by atoms with Gasteiger partial charge in [0.1, 0.15) is 10.6 Å². The third-order valence-corrected chi connectivity index (χ3v) is 5.83. The Hall–Kier alpha value is -1.67. The highest BCUT2D eigenvalue weighted by Crippen LogP contribution is 2.37. The van der Waals surface area contributed by atoms with Crippen molar-refractivity contribution in [3.8, 4) is 0 Å². The lowest BCUT2D eigenvalue weighted by Crippen LogP contribution is -2.13. The number of aromatic nitrogens is 4. The average molecular weight is 364 g/mol. The molecule has 0 fully saturated rings. The van der Waals surface area contributed by atoms with E-state index in [1.54, 1.807) is 11.3 Å². The predicted molar refractivity (Wildman–Crippen MR) is 98.6 cm³/mol. The third-order valence-electron chi connectivity index (χ3n) is 3.78. The summed E-state index contributed by atoms with van der Waals surface area (Å²) in [5, 5.41) is 5.61. The van der Waals surface area contributed by atoms with Crippen molar-refractivity contribution in [1.29, 1.82) is 0 Å². The van der Waals surface area contributed by atoms with Crippen LogP contribution in [0.4, 0.5) is 5.82 Å². The second kappa shape index (κ2) is 6.00. The lowest BCUT2D eigenvalue weighted by molar-refractivity contribution is 0.364. The van der Waals surface area contributed by atoms with Crippen LogP contribution in [0.5, 0.6) is 0 Å². The highest BCUT2D eigenvalue weighted by atomic mass is 32.2. The second-order valence-electron chi connectivity index (χ2n) is 6.82. The standard InChI is InChI=1S/C16H21N5OS2/c1-7-8(2)23-13-10(7)11(17)18-15(20-13)24-9(3)12-19-14(21-22-12)16(4,5)6/h9H,1-6H3,(H2,17,18,20)/t9-/m0/s1. The van der Waals surface area contributed by atoms with Crippen LogP contribution in [0.2, 0.25) is 0 Å². The first kappa shape index (κ1) is 17.2. The minimum atomic E-state index is -0.141. The van der Waals surface area contributed by atoms with Gasteiger partial charge in [0.25, 0.3) is 0 Å². The molecule has 6 nitrogen and oxygen atoms in total. The maximum atomic E-state index is 6.14. The fourth-order valence-corrected chi connectivity index (χ4v) is 4.13. The Balaban J connectivity index is 1.88. The number of anilines is 1. The van der Waals surface area contributed by atoms with E-state index in [1.807, 2.05) is 6.92 Å². The molecule has 0 unspecified atom stereocenters. The van der Waals surface area contributed by atoms with Gasteiger partial charge in [0, 0.05) is 10.3 Å². The van der Waals surface area contributed by atoms with Crippen LogP contribution in [0.3, 0.4) is 0 Å². The van der Waals surface area contributed by atoms with Gasteiger partial charge in [-0.25, -0.2) is 9.97 Å². The van der Waals surface area contributed by atoms with Gasteiger partial charge in [0.2, 0.25) is 5.89 Å². The van der Waals surface area contributed by atoms with Gasteiger partial charge in [-0.2, -0.15) is 4.98 Å². The monoisotopic (exact) mass is 363 g/mol. The van der Waals surface area contributed by atoms with Crippen LogP contribution in [-0.2, 0) is 5.41 Å². The van der Waals surface area contributed by atoms with Crippen molar-refractivity contribution >= 4 is 39.1 Å². The molecule has 0 bridgehead atoms. The Morgan fingerprint density at radius 1 is 1.17 bits per heavy atom. The maximum Gasteiger partial charge on any atom is 0.239 e. The first-order valence-corrected chi connectivity index (χ1v) is 9.40. The lowest BCUT2D eigenvalue weighted by atomic mass is 9.96. The average Bonchev–Trinajstić information content (AvgIpc) is 3.05. The third kappa shape index (κ3) is 3.12. The summed E-state index contributed by atoms with van der Waals surface area (Å²) in [5.74, 6) is 1.80. The van der Waals surface area contributed by atoms with E-state index in [1.165, 1.54) is 16.6 Å². The number of nitrogens with two attached hydrogens (primary N) is 1. The highest BCUT2D eigenvalue weighted by Gasteiger charge is 2.24. The van der Waals surface area contributed by atoms with Crippen LogP contribution in [0, 0.1) is 13.8 Å². The molecule has 1 atom stereocenters.